The zero-order valence-corrected chi connectivity index (χ0v) is 11.1. The topological polar surface area (TPSA) is 29.5 Å². The van der Waals surface area contributed by atoms with Crippen LogP contribution in [0.15, 0.2) is 29.2 Å². The summed E-state index contributed by atoms with van der Waals surface area (Å²) in [7, 11) is 0. The molecular weight excluding hydrogens is 244 g/mol. The maximum Gasteiger partial charge on any atom is 0.0867 e. The van der Waals surface area contributed by atoms with Gasteiger partial charge in [0.25, 0.3) is 0 Å². The average Bonchev–Trinajstić information content (AvgIpc) is 2.25. The van der Waals surface area contributed by atoms with Crippen LogP contribution in [0.5, 0.6) is 0 Å². The smallest absolute Gasteiger partial charge is 0.0867 e. The van der Waals surface area contributed by atoms with Crippen LogP contribution >= 0.6 is 23.4 Å². The second kappa shape index (κ2) is 7.17. The lowest BCUT2D eigenvalue weighted by Gasteiger charge is -2.13. The Hall–Kier alpha value is -0.220. The van der Waals surface area contributed by atoms with Crippen LogP contribution in [0.1, 0.15) is 13.8 Å². The van der Waals surface area contributed by atoms with Crippen molar-refractivity contribution in [1.82, 2.24) is 0 Å². The third kappa shape index (κ3) is 5.75. The van der Waals surface area contributed by atoms with Gasteiger partial charge in [-0.3, -0.25) is 0 Å². The van der Waals surface area contributed by atoms with Gasteiger partial charge in [0.05, 0.1) is 18.8 Å². The molecule has 0 bridgehead atoms. The third-order valence-electron chi connectivity index (χ3n) is 1.88. The van der Waals surface area contributed by atoms with Gasteiger partial charge in [-0.1, -0.05) is 11.6 Å². The maximum atomic E-state index is 9.64. The zero-order chi connectivity index (χ0) is 12.0. The summed E-state index contributed by atoms with van der Waals surface area (Å²) in [5.74, 6) is 0.633. The molecule has 0 aliphatic carbocycles. The van der Waals surface area contributed by atoms with E-state index in [2.05, 4.69) is 0 Å². The van der Waals surface area contributed by atoms with E-state index in [4.69, 9.17) is 16.3 Å². The standard InChI is InChI=1S/C12H17ClO2S/c1-9(2)15-7-11(14)8-16-12-5-3-10(13)4-6-12/h3-6,9,11,14H,7-8H2,1-2H3. The summed E-state index contributed by atoms with van der Waals surface area (Å²) in [6, 6.07) is 7.59. The van der Waals surface area contributed by atoms with Crippen molar-refractivity contribution >= 4 is 23.4 Å². The fourth-order valence-corrected chi connectivity index (χ4v) is 2.01. The molecule has 0 aliphatic heterocycles. The monoisotopic (exact) mass is 260 g/mol. The molecule has 0 aliphatic rings. The molecule has 1 rings (SSSR count). The number of rotatable bonds is 6. The van der Waals surface area contributed by atoms with Gasteiger partial charge in [0.2, 0.25) is 0 Å². The molecule has 1 N–H and O–H groups in total. The summed E-state index contributed by atoms with van der Waals surface area (Å²) in [5.41, 5.74) is 0. The highest BCUT2D eigenvalue weighted by molar-refractivity contribution is 7.99. The lowest BCUT2D eigenvalue weighted by atomic mass is 10.4. The quantitative estimate of drug-likeness (QED) is 0.797. The maximum absolute atomic E-state index is 9.64. The minimum atomic E-state index is -0.428. The van der Waals surface area contributed by atoms with Crippen molar-refractivity contribution < 1.29 is 9.84 Å². The number of benzene rings is 1. The summed E-state index contributed by atoms with van der Waals surface area (Å²) in [4.78, 5) is 1.10. The first-order chi connectivity index (χ1) is 7.58. The molecule has 1 aromatic carbocycles. The third-order valence-corrected chi connectivity index (χ3v) is 3.29. The van der Waals surface area contributed by atoms with Gasteiger partial charge >= 0.3 is 0 Å². The van der Waals surface area contributed by atoms with Crippen LogP contribution in [0, 0.1) is 0 Å². The lowest BCUT2D eigenvalue weighted by Crippen LogP contribution is -2.20. The molecule has 1 aromatic rings. The van der Waals surface area contributed by atoms with Crippen molar-refractivity contribution in [2.24, 2.45) is 0 Å². The van der Waals surface area contributed by atoms with Crippen LogP contribution in [0.2, 0.25) is 5.02 Å². The van der Waals surface area contributed by atoms with Gasteiger partial charge in [-0.25, -0.2) is 0 Å². The van der Waals surface area contributed by atoms with E-state index in [0.717, 1.165) is 9.92 Å². The Labute approximate surface area is 106 Å². The predicted molar refractivity (Wildman–Crippen MR) is 69.3 cm³/mol. The van der Waals surface area contributed by atoms with Crippen LogP contribution in [0.25, 0.3) is 0 Å². The molecule has 0 fully saturated rings. The van der Waals surface area contributed by atoms with E-state index < -0.39 is 6.10 Å². The van der Waals surface area contributed by atoms with Gasteiger partial charge in [0, 0.05) is 15.7 Å². The summed E-state index contributed by atoms with van der Waals surface area (Å²) in [6.45, 7) is 4.30. The van der Waals surface area contributed by atoms with E-state index >= 15 is 0 Å². The molecule has 90 valence electrons. The van der Waals surface area contributed by atoms with Crippen LogP contribution in [-0.2, 0) is 4.74 Å². The highest BCUT2D eigenvalue weighted by Crippen LogP contribution is 2.21. The number of aliphatic hydroxyl groups excluding tert-OH is 1. The molecule has 0 aromatic heterocycles. The largest absolute Gasteiger partial charge is 0.390 e. The molecule has 1 atom stereocenters. The lowest BCUT2D eigenvalue weighted by molar-refractivity contribution is 0.0152. The summed E-state index contributed by atoms with van der Waals surface area (Å²) >= 11 is 7.38. The number of thioether (sulfide) groups is 1. The Morgan fingerprint density at radius 3 is 2.50 bits per heavy atom. The highest BCUT2D eigenvalue weighted by atomic mass is 35.5. The Balaban J connectivity index is 2.26. The van der Waals surface area contributed by atoms with Crippen molar-refractivity contribution in [3.05, 3.63) is 29.3 Å². The molecule has 0 heterocycles. The SMILES string of the molecule is CC(C)OCC(O)CSc1ccc(Cl)cc1. The van der Waals surface area contributed by atoms with Crippen molar-refractivity contribution in [1.29, 1.82) is 0 Å². The number of ether oxygens (including phenoxy) is 1. The summed E-state index contributed by atoms with van der Waals surface area (Å²) < 4.78 is 5.33. The first-order valence-corrected chi connectivity index (χ1v) is 6.62. The Morgan fingerprint density at radius 2 is 1.94 bits per heavy atom. The minimum absolute atomic E-state index is 0.162. The van der Waals surface area contributed by atoms with E-state index in [0.29, 0.717) is 12.4 Å². The van der Waals surface area contributed by atoms with Gasteiger partial charge in [-0.05, 0) is 38.1 Å². The number of aliphatic hydroxyl groups is 1. The predicted octanol–water partition coefficient (Wildman–Crippen LogP) is 3.22. The van der Waals surface area contributed by atoms with E-state index in [9.17, 15) is 5.11 Å². The van der Waals surface area contributed by atoms with E-state index in [1.807, 2.05) is 38.1 Å². The van der Waals surface area contributed by atoms with E-state index in [-0.39, 0.29) is 6.10 Å². The van der Waals surface area contributed by atoms with Gasteiger partial charge < -0.3 is 9.84 Å². The second-order valence-corrected chi connectivity index (χ2v) is 5.33. The number of hydrogen-bond acceptors (Lipinski definition) is 3. The molecule has 0 saturated carbocycles. The minimum Gasteiger partial charge on any atom is -0.390 e. The van der Waals surface area contributed by atoms with Crippen LogP contribution < -0.4 is 0 Å². The van der Waals surface area contributed by atoms with E-state index in [1.165, 1.54) is 0 Å². The van der Waals surface area contributed by atoms with Crippen LogP contribution in [0.3, 0.4) is 0 Å². The molecule has 0 saturated heterocycles. The number of hydrogen-bond donors (Lipinski definition) is 1. The molecule has 0 amide bonds. The molecule has 0 spiro atoms. The van der Waals surface area contributed by atoms with Crippen molar-refractivity contribution in [3.63, 3.8) is 0 Å². The summed E-state index contributed by atoms with van der Waals surface area (Å²) in [6.07, 6.45) is -0.266. The first-order valence-electron chi connectivity index (χ1n) is 5.26. The van der Waals surface area contributed by atoms with Crippen LogP contribution in [-0.4, -0.2) is 29.7 Å². The summed E-state index contributed by atoms with van der Waals surface area (Å²) in [5, 5.41) is 10.4. The fourth-order valence-electron chi connectivity index (χ4n) is 1.07. The molecule has 16 heavy (non-hydrogen) atoms. The second-order valence-electron chi connectivity index (χ2n) is 3.80. The van der Waals surface area contributed by atoms with E-state index in [1.54, 1.807) is 11.8 Å². The molecule has 1 unspecified atom stereocenters. The molecule has 2 nitrogen and oxygen atoms in total. The molecule has 0 radical (unpaired) electrons. The zero-order valence-electron chi connectivity index (χ0n) is 9.52. The van der Waals surface area contributed by atoms with Gasteiger partial charge in [-0.15, -0.1) is 11.8 Å². The normalized spacial score (nSPS) is 13.1. The number of halogens is 1. The fraction of sp³-hybridized carbons (Fsp3) is 0.500. The van der Waals surface area contributed by atoms with Crippen molar-refractivity contribution in [2.45, 2.75) is 31.0 Å². The Bertz CT molecular complexity index is 300. The first kappa shape index (κ1) is 13.8. The van der Waals surface area contributed by atoms with Gasteiger partial charge in [0.15, 0.2) is 0 Å². The van der Waals surface area contributed by atoms with Crippen molar-refractivity contribution in [2.75, 3.05) is 12.4 Å². The Morgan fingerprint density at radius 1 is 1.31 bits per heavy atom. The van der Waals surface area contributed by atoms with Gasteiger partial charge in [0.1, 0.15) is 0 Å². The molecule has 4 heteroatoms. The van der Waals surface area contributed by atoms with Crippen LogP contribution in [0.4, 0.5) is 0 Å². The van der Waals surface area contributed by atoms with Crippen molar-refractivity contribution in [3.8, 4) is 0 Å². The highest BCUT2D eigenvalue weighted by Gasteiger charge is 2.06. The molecular formula is C12H17ClO2S. The average molecular weight is 261 g/mol. The Kier molecular flexibility index (Phi) is 6.21. The van der Waals surface area contributed by atoms with Gasteiger partial charge in [-0.2, -0.15) is 0 Å².